The van der Waals surface area contributed by atoms with Crippen LogP contribution in [0.4, 0.5) is 5.82 Å². The Morgan fingerprint density at radius 1 is 1.10 bits per heavy atom. The first-order chi connectivity index (χ1) is 9.79. The summed E-state index contributed by atoms with van der Waals surface area (Å²) in [5, 5.41) is 14.6. The van der Waals surface area contributed by atoms with Crippen LogP contribution in [0.2, 0.25) is 0 Å². The third kappa shape index (κ3) is 2.50. The van der Waals surface area contributed by atoms with Crippen molar-refractivity contribution >= 4 is 16.9 Å². The number of nitrogens with zero attached hydrogens (tertiary/aromatic N) is 4. The highest BCUT2D eigenvalue weighted by molar-refractivity contribution is 5.80. The van der Waals surface area contributed by atoms with E-state index in [0.717, 1.165) is 29.9 Å². The molecular weight excluding hydrogens is 252 g/mol. The minimum Gasteiger partial charge on any atom is -0.390 e. The van der Waals surface area contributed by atoms with Gasteiger partial charge in [0, 0.05) is 25.5 Å². The Balaban J connectivity index is 1.93. The zero-order valence-electron chi connectivity index (χ0n) is 12.0. The molecule has 1 N–H and O–H groups in total. The van der Waals surface area contributed by atoms with Crippen molar-refractivity contribution in [2.75, 3.05) is 18.0 Å². The number of fused-ring (bicyclic) bond motifs is 1. The summed E-state index contributed by atoms with van der Waals surface area (Å²) in [5.74, 6) is 1.03. The SMILES string of the molecule is Cn1nc(CO)c2ccc(N3CCCCCCC3)nc21. The second-order valence-electron chi connectivity index (χ2n) is 5.52. The number of anilines is 1. The van der Waals surface area contributed by atoms with E-state index in [1.54, 1.807) is 4.68 Å². The van der Waals surface area contributed by atoms with Gasteiger partial charge >= 0.3 is 0 Å². The highest BCUT2D eigenvalue weighted by Gasteiger charge is 2.14. The van der Waals surface area contributed by atoms with Gasteiger partial charge in [-0.15, -0.1) is 0 Å². The van der Waals surface area contributed by atoms with Crippen LogP contribution in [-0.4, -0.2) is 33.0 Å². The van der Waals surface area contributed by atoms with Crippen LogP contribution in [0.15, 0.2) is 12.1 Å². The van der Waals surface area contributed by atoms with Crippen LogP contribution < -0.4 is 4.90 Å². The molecule has 20 heavy (non-hydrogen) atoms. The molecule has 0 aromatic carbocycles. The fourth-order valence-corrected chi connectivity index (χ4v) is 2.96. The Labute approximate surface area is 119 Å². The number of aromatic nitrogens is 3. The number of hydrogen-bond acceptors (Lipinski definition) is 4. The lowest BCUT2D eigenvalue weighted by atomic mass is 10.1. The fourth-order valence-electron chi connectivity index (χ4n) is 2.96. The van der Waals surface area contributed by atoms with E-state index < -0.39 is 0 Å². The highest BCUT2D eigenvalue weighted by Crippen LogP contribution is 2.22. The average molecular weight is 274 g/mol. The minimum absolute atomic E-state index is 0.0396. The Hall–Kier alpha value is -1.62. The first-order valence-corrected chi connectivity index (χ1v) is 7.48. The number of aryl methyl sites for hydroxylation is 1. The molecular formula is C15H22N4O. The lowest BCUT2D eigenvalue weighted by Crippen LogP contribution is -2.27. The second-order valence-corrected chi connectivity index (χ2v) is 5.52. The van der Waals surface area contributed by atoms with Crippen molar-refractivity contribution in [3.8, 4) is 0 Å². The van der Waals surface area contributed by atoms with Gasteiger partial charge in [0.05, 0.1) is 12.3 Å². The van der Waals surface area contributed by atoms with E-state index in [1.165, 1.54) is 32.1 Å². The van der Waals surface area contributed by atoms with Crippen LogP contribution in [-0.2, 0) is 13.7 Å². The Kier molecular flexibility index (Phi) is 3.87. The predicted octanol–water partition coefficient (Wildman–Crippen LogP) is 2.23. The highest BCUT2D eigenvalue weighted by atomic mass is 16.3. The normalized spacial score (nSPS) is 17.2. The van der Waals surface area contributed by atoms with Gasteiger partial charge in [-0.25, -0.2) is 4.98 Å². The van der Waals surface area contributed by atoms with E-state index in [1.807, 2.05) is 13.1 Å². The summed E-state index contributed by atoms with van der Waals surface area (Å²) < 4.78 is 1.76. The first-order valence-electron chi connectivity index (χ1n) is 7.48. The Bertz CT molecular complexity index is 585. The van der Waals surface area contributed by atoms with Crippen LogP contribution >= 0.6 is 0 Å². The van der Waals surface area contributed by atoms with Crippen molar-refractivity contribution in [1.29, 1.82) is 0 Å². The molecule has 3 heterocycles. The molecule has 0 atom stereocenters. The van der Waals surface area contributed by atoms with E-state index in [4.69, 9.17) is 4.98 Å². The monoisotopic (exact) mass is 274 g/mol. The summed E-state index contributed by atoms with van der Waals surface area (Å²) >= 11 is 0. The molecule has 5 nitrogen and oxygen atoms in total. The Morgan fingerprint density at radius 3 is 2.50 bits per heavy atom. The molecule has 0 spiro atoms. The zero-order valence-corrected chi connectivity index (χ0v) is 12.0. The van der Waals surface area contributed by atoms with Crippen molar-refractivity contribution in [2.45, 2.75) is 38.7 Å². The molecule has 2 aromatic heterocycles. The van der Waals surface area contributed by atoms with Gasteiger partial charge in [-0.3, -0.25) is 4.68 Å². The molecule has 2 aromatic rings. The lowest BCUT2D eigenvalue weighted by Gasteiger charge is -2.25. The van der Waals surface area contributed by atoms with E-state index in [-0.39, 0.29) is 6.61 Å². The summed E-state index contributed by atoms with van der Waals surface area (Å²) in [4.78, 5) is 7.13. The van der Waals surface area contributed by atoms with Crippen LogP contribution in [0.5, 0.6) is 0 Å². The minimum atomic E-state index is -0.0396. The predicted molar refractivity (Wildman–Crippen MR) is 79.7 cm³/mol. The molecule has 0 saturated carbocycles. The molecule has 1 aliphatic heterocycles. The molecule has 1 aliphatic rings. The van der Waals surface area contributed by atoms with E-state index in [0.29, 0.717) is 5.69 Å². The molecule has 1 saturated heterocycles. The second kappa shape index (κ2) is 5.79. The number of rotatable bonds is 2. The fraction of sp³-hybridized carbons (Fsp3) is 0.600. The maximum Gasteiger partial charge on any atom is 0.160 e. The zero-order chi connectivity index (χ0) is 13.9. The number of aliphatic hydroxyl groups is 1. The van der Waals surface area contributed by atoms with Gasteiger partial charge in [0.25, 0.3) is 0 Å². The first kappa shape index (κ1) is 13.4. The standard InChI is InChI=1S/C15H22N4O/c1-18-15-12(13(11-20)17-18)7-8-14(16-15)19-9-5-3-2-4-6-10-19/h7-8,20H,2-6,9-11H2,1H3. The van der Waals surface area contributed by atoms with Crippen LogP contribution in [0.3, 0.4) is 0 Å². The van der Waals surface area contributed by atoms with E-state index in [2.05, 4.69) is 16.1 Å². The lowest BCUT2D eigenvalue weighted by molar-refractivity contribution is 0.277. The molecule has 0 amide bonds. The number of pyridine rings is 1. The molecule has 0 unspecified atom stereocenters. The summed E-state index contributed by atoms with van der Waals surface area (Å²) in [6.07, 6.45) is 6.49. The topological polar surface area (TPSA) is 54.2 Å². The third-order valence-corrected chi connectivity index (χ3v) is 4.08. The quantitative estimate of drug-likeness (QED) is 0.912. The van der Waals surface area contributed by atoms with Crippen LogP contribution in [0.1, 0.15) is 37.8 Å². The van der Waals surface area contributed by atoms with Crippen LogP contribution in [0, 0.1) is 0 Å². The largest absolute Gasteiger partial charge is 0.390 e. The van der Waals surface area contributed by atoms with E-state index in [9.17, 15) is 5.11 Å². The van der Waals surface area contributed by atoms with Gasteiger partial charge in [-0.05, 0) is 25.0 Å². The van der Waals surface area contributed by atoms with Gasteiger partial charge in [-0.1, -0.05) is 19.3 Å². The van der Waals surface area contributed by atoms with Crippen LogP contribution in [0.25, 0.3) is 11.0 Å². The van der Waals surface area contributed by atoms with E-state index >= 15 is 0 Å². The summed E-state index contributed by atoms with van der Waals surface area (Å²) in [6, 6.07) is 4.10. The van der Waals surface area contributed by atoms with Crippen molar-refractivity contribution in [3.05, 3.63) is 17.8 Å². The van der Waals surface area contributed by atoms with Gasteiger partial charge in [-0.2, -0.15) is 5.10 Å². The summed E-state index contributed by atoms with van der Waals surface area (Å²) in [5.41, 5.74) is 1.56. The Morgan fingerprint density at radius 2 is 1.80 bits per heavy atom. The number of aliphatic hydroxyl groups excluding tert-OH is 1. The molecule has 5 heteroatoms. The molecule has 0 bridgehead atoms. The molecule has 0 aliphatic carbocycles. The third-order valence-electron chi connectivity index (χ3n) is 4.08. The van der Waals surface area contributed by atoms with Crippen molar-refractivity contribution < 1.29 is 5.11 Å². The maximum absolute atomic E-state index is 9.32. The maximum atomic E-state index is 9.32. The summed E-state index contributed by atoms with van der Waals surface area (Å²) in [6.45, 7) is 2.13. The van der Waals surface area contributed by atoms with Gasteiger partial charge < -0.3 is 10.0 Å². The van der Waals surface area contributed by atoms with Crippen molar-refractivity contribution in [3.63, 3.8) is 0 Å². The van der Waals surface area contributed by atoms with Gasteiger partial charge in [0.1, 0.15) is 5.82 Å². The smallest absolute Gasteiger partial charge is 0.160 e. The summed E-state index contributed by atoms with van der Waals surface area (Å²) in [7, 11) is 1.88. The van der Waals surface area contributed by atoms with Crippen molar-refractivity contribution in [1.82, 2.24) is 14.8 Å². The molecule has 0 radical (unpaired) electrons. The molecule has 3 rings (SSSR count). The van der Waals surface area contributed by atoms with Crippen molar-refractivity contribution in [2.24, 2.45) is 7.05 Å². The average Bonchev–Trinajstić information content (AvgIpc) is 2.75. The van der Waals surface area contributed by atoms with Gasteiger partial charge in [0.15, 0.2) is 5.65 Å². The van der Waals surface area contributed by atoms with Gasteiger partial charge in [0.2, 0.25) is 0 Å². The molecule has 108 valence electrons. The number of hydrogen-bond donors (Lipinski definition) is 1. The molecule has 1 fully saturated rings.